The zero-order valence-electron chi connectivity index (χ0n) is 22.0. The van der Waals surface area contributed by atoms with Crippen LogP contribution in [0.2, 0.25) is 0 Å². The van der Waals surface area contributed by atoms with Gasteiger partial charge in [-0.2, -0.15) is 0 Å². The van der Waals surface area contributed by atoms with Gasteiger partial charge in [0.2, 0.25) is 0 Å². The Morgan fingerprint density at radius 3 is 2.22 bits per heavy atom. The van der Waals surface area contributed by atoms with E-state index >= 15 is 0 Å². The summed E-state index contributed by atoms with van der Waals surface area (Å²) in [6.07, 6.45) is 5.53. The van der Waals surface area contributed by atoms with Crippen LogP contribution >= 0.6 is 0 Å². The van der Waals surface area contributed by atoms with Crippen molar-refractivity contribution in [1.29, 1.82) is 0 Å². The Labute approximate surface area is 213 Å². The van der Waals surface area contributed by atoms with Gasteiger partial charge in [-0.1, -0.05) is 37.6 Å². The normalized spacial score (nSPS) is 26.6. The molecule has 1 fully saturated rings. The fourth-order valence-corrected chi connectivity index (χ4v) is 5.87. The van der Waals surface area contributed by atoms with E-state index < -0.39 is 23.2 Å². The zero-order valence-corrected chi connectivity index (χ0v) is 22.0. The highest BCUT2D eigenvalue weighted by Gasteiger charge is 2.58. The monoisotopic (exact) mass is 494 g/mol. The Kier molecular flexibility index (Phi) is 6.88. The molecule has 0 radical (unpaired) electrons. The van der Waals surface area contributed by atoms with Crippen molar-refractivity contribution < 1.29 is 29.9 Å². The van der Waals surface area contributed by atoms with E-state index in [2.05, 4.69) is 0 Å². The number of aliphatic hydroxyl groups excluding tert-OH is 2. The van der Waals surface area contributed by atoms with Crippen molar-refractivity contribution in [3.63, 3.8) is 0 Å². The van der Waals surface area contributed by atoms with Gasteiger partial charge in [-0.05, 0) is 74.6 Å². The Bertz CT molecular complexity index is 1180. The number of ether oxygens (including phenoxy) is 2. The Morgan fingerprint density at radius 2 is 1.64 bits per heavy atom. The van der Waals surface area contributed by atoms with Crippen LogP contribution < -0.4 is 9.47 Å². The van der Waals surface area contributed by atoms with Gasteiger partial charge in [0.05, 0.1) is 19.3 Å². The van der Waals surface area contributed by atoms with Crippen LogP contribution in [0.4, 0.5) is 0 Å². The number of rotatable bonds is 5. The number of phenolic OH excluding ortho intramolecular Hbond substituents is 2. The van der Waals surface area contributed by atoms with E-state index in [0.717, 1.165) is 16.7 Å². The number of hydrogen-bond donors (Lipinski definition) is 4. The van der Waals surface area contributed by atoms with E-state index in [1.165, 1.54) is 0 Å². The second kappa shape index (κ2) is 9.49. The van der Waals surface area contributed by atoms with Gasteiger partial charge < -0.3 is 29.9 Å². The Balaban J connectivity index is 1.66. The number of benzene rings is 2. The average molecular weight is 495 g/mol. The number of fused-ring (bicyclic) bond motifs is 2. The molecule has 36 heavy (non-hydrogen) atoms. The minimum atomic E-state index is -0.850. The number of methoxy groups -OCH3 is 1. The van der Waals surface area contributed by atoms with Crippen LogP contribution in [0.5, 0.6) is 23.0 Å². The summed E-state index contributed by atoms with van der Waals surface area (Å²) in [6.45, 7) is 9.93. The molecule has 6 heteroatoms. The molecule has 0 amide bonds. The third kappa shape index (κ3) is 4.72. The first-order chi connectivity index (χ1) is 16.9. The Morgan fingerprint density at radius 1 is 1.03 bits per heavy atom. The van der Waals surface area contributed by atoms with Gasteiger partial charge in [0.15, 0.2) is 11.5 Å². The summed E-state index contributed by atoms with van der Waals surface area (Å²) < 4.78 is 12.2. The first-order valence-corrected chi connectivity index (χ1v) is 12.5. The minimum absolute atomic E-state index is 0.00193. The number of hydrogen-bond acceptors (Lipinski definition) is 6. The van der Waals surface area contributed by atoms with E-state index in [9.17, 15) is 20.4 Å². The fourth-order valence-electron chi connectivity index (χ4n) is 5.87. The van der Waals surface area contributed by atoms with Gasteiger partial charge in [0, 0.05) is 23.3 Å². The van der Waals surface area contributed by atoms with Crippen LogP contribution in [-0.2, 0) is 12.8 Å². The van der Waals surface area contributed by atoms with Crippen molar-refractivity contribution >= 4 is 12.2 Å². The van der Waals surface area contributed by atoms with E-state index in [-0.39, 0.29) is 17.4 Å². The summed E-state index contributed by atoms with van der Waals surface area (Å²) in [4.78, 5) is 0. The summed E-state index contributed by atoms with van der Waals surface area (Å²) in [5, 5.41) is 42.1. The largest absolute Gasteiger partial charge is 0.507 e. The van der Waals surface area contributed by atoms with Crippen LogP contribution in [0.25, 0.3) is 12.2 Å². The van der Waals surface area contributed by atoms with Crippen molar-refractivity contribution in [3.05, 3.63) is 58.2 Å². The zero-order chi connectivity index (χ0) is 26.4. The van der Waals surface area contributed by atoms with Crippen molar-refractivity contribution in [2.75, 3.05) is 7.11 Å². The molecule has 4 N–H and O–H groups in total. The summed E-state index contributed by atoms with van der Waals surface area (Å²) in [5.41, 5.74) is 3.01. The predicted octanol–water partition coefficient (Wildman–Crippen LogP) is 5.25. The lowest BCUT2D eigenvalue weighted by Gasteiger charge is -2.56. The molecule has 1 aliphatic heterocycles. The highest BCUT2D eigenvalue weighted by Crippen LogP contribution is 2.55. The second-order valence-electron chi connectivity index (χ2n) is 11.3. The molecule has 0 bridgehead atoms. The summed E-state index contributed by atoms with van der Waals surface area (Å²) in [6, 6.07) is 7.23. The minimum Gasteiger partial charge on any atom is -0.507 e. The van der Waals surface area contributed by atoms with Gasteiger partial charge in [-0.15, -0.1) is 0 Å². The molecule has 4 atom stereocenters. The van der Waals surface area contributed by atoms with Crippen molar-refractivity contribution in [1.82, 2.24) is 0 Å². The maximum atomic E-state index is 10.7. The topological polar surface area (TPSA) is 99.4 Å². The third-order valence-corrected chi connectivity index (χ3v) is 7.92. The van der Waals surface area contributed by atoms with Crippen molar-refractivity contribution in [2.24, 2.45) is 11.3 Å². The number of aliphatic hydroxyl groups is 2. The second-order valence-corrected chi connectivity index (χ2v) is 11.3. The molecular weight excluding hydrogens is 456 g/mol. The highest BCUT2D eigenvalue weighted by molar-refractivity contribution is 5.73. The third-order valence-electron chi connectivity index (χ3n) is 7.92. The summed E-state index contributed by atoms with van der Waals surface area (Å²) >= 11 is 0. The molecule has 2 aromatic carbocycles. The van der Waals surface area contributed by atoms with Gasteiger partial charge >= 0.3 is 0 Å². The molecule has 0 saturated heterocycles. The standard InChI is InChI=1S/C30H38O6/c1-17(2)7-10-21-22(31)12-19(13-23(21)32)9-8-18-11-20-15-26-29(3,4)28(34)24(33)16-30(26,5)36-27(20)25(14-18)35-6/h7-9,11-14,24,26,28,31-34H,10,15-16H2,1-6H3. The maximum absolute atomic E-state index is 10.7. The number of phenols is 2. The van der Waals surface area contributed by atoms with Crippen LogP contribution in [0, 0.1) is 11.3 Å². The predicted molar refractivity (Wildman–Crippen MR) is 141 cm³/mol. The molecule has 0 aromatic heterocycles. The number of aromatic hydroxyl groups is 2. The van der Waals surface area contributed by atoms with Gasteiger partial charge in [-0.3, -0.25) is 0 Å². The van der Waals surface area contributed by atoms with E-state index in [4.69, 9.17) is 9.47 Å². The molecule has 194 valence electrons. The van der Waals surface area contributed by atoms with Crippen molar-refractivity contribution in [3.8, 4) is 23.0 Å². The lowest BCUT2D eigenvalue weighted by molar-refractivity contribution is -0.187. The fraction of sp³-hybridized carbons (Fsp3) is 0.467. The van der Waals surface area contributed by atoms with Crippen molar-refractivity contribution in [2.45, 2.75) is 71.7 Å². The summed E-state index contributed by atoms with van der Waals surface area (Å²) in [5.74, 6) is 1.40. The smallest absolute Gasteiger partial charge is 0.165 e. The lowest BCUT2D eigenvalue weighted by atomic mass is 9.57. The molecule has 4 unspecified atom stereocenters. The first kappa shape index (κ1) is 26.1. The first-order valence-electron chi connectivity index (χ1n) is 12.5. The number of allylic oxidation sites excluding steroid dienone is 2. The quantitative estimate of drug-likeness (QED) is 0.335. The Hall–Kier alpha value is -2.96. The molecule has 1 aliphatic carbocycles. The van der Waals surface area contributed by atoms with E-state index in [0.29, 0.717) is 41.9 Å². The lowest BCUT2D eigenvalue weighted by Crippen LogP contribution is -2.63. The molecule has 1 saturated carbocycles. The average Bonchev–Trinajstić information content (AvgIpc) is 2.79. The molecule has 1 heterocycles. The highest BCUT2D eigenvalue weighted by atomic mass is 16.5. The van der Waals surface area contributed by atoms with Crippen LogP contribution in [0.1, 0.15) is 63.3 Å². The summed E-state index contributed by atoms with van der Waals surface area (Å²) in [7, 11) is 1.60. The van der Waals surface area contributed by atoms with E-state index in [1.807, 2.05) is 65.0 Å². The van der Waals surface area contributed by atoms with Gasteiger partial charge in [0.25, 0.3) is 0 Å². The molecule has 2 aromatic rings. The van der Waals surface area contributed by atoms with Crippen LogP contribution in [0.15, 0.2) is 35.9 Å². The van der Waals surface area contributed by atoms with Gasteiger partial charge in [0.1, 0.15) is 17.1 Å². The van der Waals surface area contributed by atoms with Gasteiger partial charge in [-0.25, -0.2) is 0 Å². The van der Waals surface area contributed by atoms with E-state index in [1.54, 1.807) is 19.2 Å². The SMILES string of the molecule is COc1cc(C=Cc2cc(O)c(CC=C(C)C)c(O)c2)cc2c1OC1(C)CC(O)C(O)C(C)(C)C1C2. The molecule has 0 spiro atoms. The van der Waals surface area contributed by atoms with Crippen LogP contribution in [-0.4, -0.2) is 45.3 Å². The van der Waals surface area contributed by atoms with Crippen LogP contribution in [0.3, 0.4) is 0 Å². The molecule has 4 rings (SSSR count). The molecular formula is C30H38O6. The molecule has 6 nitrogen and oxygen atoms in total. The maximum Gasteiger partial charge on any atom is 0.165 e. The molecule has 2 aliphatic rings.